The molecule has 0 radical (unpaired) electrons. The molecule has 12 heteroatoms. The van der Waals surface area contributed by atoms with Gasteiger partial charge in [-0.2, -0.15) is 0 Å². The van der Waals surface area contributed by atoms with E-state index in [1.54, 1.807) is 41.0 Å². The van der Waals surface area contributed by atoms with Crippen LogP contribution in [0, 0.1) is 5.92 Å². The normalized spacial score (nSPS) is 22.4. The number of benzene rings is 3. The summed E-state index contributed by atoms with van der Waals surface area (Å²) in [5.74, 6) is -0.813. The number of hydrogen-bond acceptors (Lipinski definition) is 6. The molecule has 0 aliphatic carbocycles. The molecule has 2 aliphatic heterocycles. The fraction of sp³-hybridized carbons (Fsp3) is 0.353. The minimum absolute atomic E-state index is 0.0171. The number of carbonyl (C=O) groups excluding carboxylic acids is 2. The second kappa shape index (κ2) is 12.8. The average molecular weight is 707 g/mol. The Hall–Kier alpha value is -3.71. The van der Waals surface area contributed by atoms with E-state index in [0.29, 0.717) is 36.3 Å². The Bertz CT molecular complexity index is 1730. The van der Waals surface area contributed by atoms with E-state index in [9.17, 15) is 14.7 Å². The summed E-state index contributed by atoms with van der Waals surface area (Å²) in [5, 5.41) is 20.4. The molecule has 1 fully saturated rings. The number of aryl methyl sites for hydroxylation is 1. The molecule has 1 saturated heterocycles. The number of fused-ring (bicyclic) bond motifs is 2. The van der Waals surface area contributed by atoms with Crippen LogP contribution in [-0.4, -0.2) is 53.0 Å². The minimum Gasteiger partial charge on any atom is -0.396 e. The number of hydrogen-bond donors (Lipinski definition) is 2. The molecule has 3 aromatic carbocycles. The van der Waals surface area contributed by atoms with Crippen LogP contribution >= 0.6 is 15.9 Å². The van der Waals surface area contributed by atoms with Crippen molar-refractivity contribution in [1.82, 2.24) is 15.0 Å². The lowest BCUT2D eigenvalue weighted by molar-refractivity contribution is -0.146. The van der Waals surface area contributed by atoms with Crippen molar-refractivity contribution in [3.8, 4) is 0 Å². The number of nitrogens with zero attached hydrogens (tertiary/aromatic N) is 4. The maximum absolute atomic E-state index is 16.2. The van der Waals surface area contributed by atoms with Gasteiger partial charge < -0.3 is 24.2 Å². The molecule has 240 valence electrons. The third kappa shape index (κ3) is 6.06. The summed E-state index contributed by atoms with van der Waals surface area (Å²) in [6.07, 6.45) is 2.15. The van der Waals surface area contributed by atoms with E-state index < -0.39 is 31.6 Å². The lowest BCUT2D eigenvalue weighted by Gasteiger charge is -2.31. The smallest absolute Gasteiger partial charge is 0.264 e. The molecule has 4 aromatic rings. The fourth-order valence-electron chi connectivity index (χ4n) is 7.05. The highest BCUT2D eigenvalue weighted by Gasteiger charge is 2.66. The van der Waals surface area contributed by atoms with Gasteiger partial charge in [-0.25, -0.2) is 0 Å². The van der Waals surface area contributed by atoms with Crippen LogP contribution in [0.5, 0.6) is 0 Å². The van der Waals surface area contributed by atoms with Crippen LogP contribution in [-0.2, 0) is 34.6 Å². The highest BCUT2D eigenvalue weighted by molar-refractivity contribution is 9.10. The second-order valence-corrected chi connectivity index (χ2v) is 17.3. The van der Waals surface area contributed by atoms with Gasteiger partial charge in [-0.3, -0.25) is 14.3 Å². The summed E-state index contributed by atoms with van der Waals surface area (Å²) in [5.41, 5.74) is 2.48. The molecule has 6 rings (SSSR count). The van der Waals surface area contributed by atoms with Crippen molar-refractivity contribution in [2.75, 3.05) is 16.8 Å². The number of anilines is 2. The van der Waals surface area contributed by atoms with E-state index >= 15 is 4.11 Å². The van der Waals surface area contributed by atoms with Crippen molar-refractivity contribution in [2.45, 2.75) is 63.2 Å². The topological polar surface area (TPSA) is 110 Å². The average Bonchev–Trinajstić information content (AvgIpc) is 3.67. The zero-order valence-corrected chi connectivity index (χ0v) is 28.6. The predicted octanol–water partition coefficient (Wildman–Crippen LogP) is 6.24. The third-order valence-corrected chi connectivity index (χ3v) is 12.1. The molecule has 2 amide bonds. The van der Waals surface area contributed by atoms with Crippen LogP contribution in [0.2, 0.25) is 18.6 Å². The Balaban J connectivity index is 1.26. The molecule has 0 saturated carbocycles. The van der Waals surface area contributed by atoms with Gasteiger partial charge in [0.25, 0.3) is 11.8 Å². The number of ether oxygens (including phenoxy) is 1. The Kier molecular flexibility index (Phi) is 8.99. The summed E-state index contributed by atoms with van der Waals surface area (Å²) in [6.45, 7) is 6.05. The molecule has 9 nitrogen and oxygen atoms in total. The number of carbonyl (C=O) groups is 2. The largest absolute Gasteiger partial charge is 0.396 e. The Labute approximate surface area is 277 Å². The first kappa shape index (κ1) is 32.2. The van der Waals surface area contributed by atoms with Crippen molar-refractivity contribution in [1.29, 1.82) is 0 Å². The van der Waals surface area contributed by atoms with E-state index in [0.717, 1.165) is 21.3 Å². The van der Waals surface area contributed by atoms with Crippen molar-refractivity contribution in [3.05, 3.63) is 106 Å². The van der Waals surface area contributed by atoms with E-state index in [1.807, 2.05) is 67.6 Å². The van der Waals surface area contributed by atoms with Gasteiger partial charge in [0.15, 0.2) is 5.60 Å². The van der Waals surface area contributed by atoms with E-state index in [2.05, 4.69) is 31.6 Å². The minimum atomic E-state index is -3.31. The van der Waals surface area contributed by atoms with Crippen molar-refractivity contribution >= 4 is 47.5 Å². The maximum atomic E-state index is 16.2. The number of rotatable bonds is 10. The van der Waals surface area contributed by atoms with Crippen LogP contribution in [0.1, 0.15) is 40.5 Å². The molecule has 46 heavy (non-hydrogen) atoms. The molecule has 3 heterocycles. The van der Waals surface area contributed by atoms with Gasteiger partial charge in [0, 0.05) is 58.5 Å². The quantitative estimate of drug-likeness (QED) is 0.149. The number of aliphatic hydroxyl groups is 1. The first-order chi connectivity index (χ1) is 22.0. The SMILES string of the molecule is C[C@@H]1[C@@H]([Si](C)(C)F)[C@H](CCn2cc(CCO)nn2)O[C@@]12C(=O)N(Cc1ccc(NC(=O)c3ccccc3)cc1)c1ccc(Br)cc12. The fourth-order valence-corrected chi connectivity index (χ4v) is 9.96. The molecule has 0 unspecified atom stereocenters. The lowest BCUT2D eigenvalue weighted by atomic mass is 9.82. The molecule has 1 spiro atoms. The Morgan fingerprint density at radius 1 is 1.13 bits per heavy atom. The first-order valence-corrected chi connectivity index (χ1v) is 19.2. The summed E-state index contributed by atoms with van der Waals surface area (Å²) in [6, 6.07) is 22.2. The molecular weight excluding hydrogens is 669 g/mol. The predicted molar refractivity (Wildman–Crippen MR) is 180 cm³/mol. The summed E-state index contributed by atoms with van der Waals surface area (Å²) >= 11 is 3.59. The van der Waals surface area contributed by atoms with Crippen LogP contribution < -0.4 is 10.2 Å². The van der Waals surface area contributed by atoms with E-state index in [1.165, 1.54) is 0 Å². The van der Waals surface area contributed by atoms with Gasteiger partial charge in [-0.1, -0.05) is 58.4 Å². The van der Waals surface area contributed by atoms with Gasteiger partial charge in [-0.15, -0.1) is 5.10 Å². The van der Waals surface area contributed by atoms with Crippen molar-refractivity contribution in [3.63, 3.8) is 0 Å². The number of nitrogens with one attached hydrogen (secondary N) is 1. The summed E-state index contributed by atoms with van der Waals surface area (Å²) < 4.78 is 25.5. The standard InChI is InChI=1S/C34H37BrFN5O4Si/c1-22-31(46(2,3)36)30(15-17-40-21-27(16-18-42)38-39-40)45-34(22)28-19-25(35)11-14-29(28)41(33(34)44)20-23-9-12-26(13-10-23)37-32(43)24-7-5-4-6-8-24/h4-14,19,21-22,30-31,42H,15-18,20H2,1-3H3,(H,37,43)/t22-,30+,31-,34+/m1/s1. The number of amides is 2. The second-order valence-electron chi connectivity index (χ2n) is 12.6. The molecular formula is C34H37BrFN5O4Si. The van der Waals surface area contributed by atoms with Crippen LogP contribution in [0.4, 0.5) is 15.5 Å². The lowest BCUT2D eigenvalue weighted by Crippen LogP contribution is -2.45. The molecule has 1 aromatic heterocycles. The first-order valence-electron chi connectivity index (χ1n) is 15.4. The number of halogens is 2. The van der Waals surface area contributed by atoms with Gasteiger partial charge >= 0.3 is 0 Å². The van der Waals surface area contributed by atoms with Crippen LogP contribution in [0.15, 0.2) is 83.5 Å². The summed E-state index contributed by atoms with van der Waals surface area (Å²) in [7, 11) is -3.31. The highest BCUT2D eigenvalue weighted by Crippen LogP contribution is 2.60. The molecule has 0 bridgehead atoms. The number of aromatic nitrogens is 3. The Morgan fingerprint density at radius 2 is 1.87 bits per heavy atom. The van der Waals surface area contributed by atoms with Gasteiger partial charge in [0.2, 0.25) is 8.41 Å². The van der Waals surface area contributed by atoms with Crippen LogP contribution in [0.25, 0.3) is 0 Å². The van der Waals surface area contributed by atoms with Gasteiger partial charge in [0.05, 0.1) is 24.0 Å². The maximum Gasteiger partial charge on any atom is 0.264 e. The van der Waals surface area contributed by atoms with Gasteiger partial charge in [-0.05, 0) is 67.5 Å². The van der Waals surface area contributed by atoms with E-state index in [4.69, 9.17) is 4.74 Å². The van der Waals surface area contributed by atoms with E-state index in [-0.39, 0.29) is 25.0 Å². The van der Waals surface area contributed by atoms with Crippen LogP contribution in [0.3, 0.4) is 0 Å². The summed E-state index contributed by atoms with van der Waals surface area (Å²) in [4.78, 5) is 29.0. The monoisotopic (exact) mass is 705 g/mol. The Morgan fingerprint density at radius 3 is 2.57 bits per heavy atom. The van der Waals surface area contributed by atoms with Crippen molar-refractivity contribution < 1.29 is 23.5 Å². The zero-order valence-electron chi connectivity index (χ0n) is 26.0. The highest BCUT2D eigenvalue weighted by atomic mass is 79.9. The molecule has 2 aliphatic rings. The third-order valence-electron chi connectivity index (χ3n) is 9.11. The van der Waals surface area contributed by atoms with Crippen molar-refractivity contribution in [2.24, 2.45) is 5.92 Å². The van der Waals surface area contributed by atoms with Gasteiger partial charge in [0.1, 0.15) is 0 Å². The number of aliphatic hydroxyl groups excluding tert-OH is 1. The molecule has 2 N–H and O–H groups in total. The zero-order chi connectivity index (χ0) is 32.6. The molecule has 4 atom stereocenters.